The molecule has 0 aliphatic heterocycles. The van der Waals surface area contributed by atoms with E-state index in [1.807, 2.05) is 6.07 Å². The monoisotopic (exact) mass is 421 g/mol. The van der Waals surface area contributed by atoms with E-state index in [4.69, 9.17) is 0 Å². The van der Waals surface area contributed by atoms with Crippen LogP contribution in [-0.2, 0) is 0 Å². The number of allylic oxidation sites excluding steroid dienone is 5. The lowest BCUT2D eigenvalue weighted by Crippen LogP contribution is -1.87. The van der Waals surface area contributed by atoms with Gasteiger partial charge in [0.25, 0.3) is 5.69 Å². The Balaban J connectivity index is 1.71. The van der Waals surface area contributed by atoms with Crippen LogP contribution in [0.15, 0.2) is 72.1 Å². The molecule has 0 saturated carbocycles. The molecule has 3 aromatic rings. The van der Waals surface area contributed by atoms with Gasteiger partial charge >= 0.3 is 0 Å². The first-order valence-electron chi connectivity index (χ1n) is 8.59. The number of benzene rings is 2. The number of nitro groups is 1. The van der Waals surface area contributed by atoms with Crippen LogP contribution in [0.4, 0.5) is 14.5 Å². The highest BCUT2D eigenvalue weighted by molar-refractivity contribution is 7.11. The van der Waals surface area contributed by atoms with Gasteiger partial charge in [0, 0.05) is 29.1 Å². The van der Waals surface area contributed by atoms with E-state index >= 15 is 0 Å². The molecule has 0 radical (unpaired) electrons. The summed E-state index contributed by atoms with van der Waals surface area (Å²) in [6, 6.07) is 11.4. The Morgan fingerprint density at radius 2 is 1.90 bits per heavy atom. The highest BCUT2D eigenvalue weighted by Gasteiger charge is 2.12. The Morgan fingerprint density at radius 3 is 2.57 bits per heavy atom. The Bertz CT molecular complexity index is 1210. The molecular formula is C22H13F2N3O2S. The third-order valence-corrected chi connectivity index (χ3v) is 4.82. The molecule has 0 aliphatic carbocycles. The molecule has 2 aromatic carbocycles. The second kappa shape index (κ2) is 9.49. The van der Waals surface area contributed by atoms with E-state index in [9.17, 15) is 24.2 Å². The maximum atomic E-state index is 13.9. The fourth-order valence-corrected chi connectivity index (χ4v) is 3.26. The predicted molar refractivity (Wildman–Crippen MR) is 112 cm³/mol. The molecular weight excluding hydrogens is 408 g/mol. The number of rotatable bonds is 6. The number of non-ortho nitro benzene ring substituents is 1. The summed E-state index contributed by atoms with van der Waals surface area (Å²) in [5.74, 6) is -1.39. The van der Waals surface area contributed by atoms with Gasteiger partial charge in [-0.15, -0.1) is 11.3 Å². The zero-order valence-electron chi connectivity index (χ0n) is 15.3. The van der Waals surface area contributed by atoms with E-state index in [1.165, 1.54) is 29.5 Å². The Labute approximate surface area is 174 Å². The van der Waals surface area contributed by atoms with Crippen LogP contribution in [0.25, 0.3) is 22.9 Å². The number of nitro benzene ring substituents is 1. The summed E-state index contributed by atoms with van der Waals surface area (Å²) in [6.07, 6.45) is 8.42. The fourth-order valence-electron chi connectivity index (χ4n) is 2.46. The molecule has 0 aliphatic rings. The van der Waals surface area contributed by atoms with Crippen LogP contribution in [0.2, 0.25) is 0 Å². The summed E-state index contributed by atoms with van der Waals surface area (Å²) in [5, 5.41) is 22.0. The number of halogens is 2. The average Bonchev–Trinajstić information content (AvgIpc) is 3.20. The zero-order valence-corrected chi connectivity index (χ0v) is 16.1. The number of thiazole rings is 1. The van der Waals surface area contributed by atoms with Crippen LogP contribution in [0.3, 0.4) is 0 Å². The van der Waals surface area contributed by atoms with Gasteiger partial charge in [0.15, 0.2) is 0 Å². The van der Waals surface area contributed by atoms with E-state index in [1.54, 1.807) is 47.9 Å². The zero-order chi connectivity index (χ0) is 21.5. The van der Waals surface area contributed by atoms with Crippen molar-refractivity contribution in [3.8, 4) is 17.3 Å². The maximum Gasteiger partial charge on any atom is 0.269 e. The van der Waals surface area contributed by atoms with Crippen molar-refractivity contribution in [1.82, 2.24) is 4.98 Å². The molecule has 0 spiro atoms. The Morgan fingerprint density at radius 1 is 1.13 bits per heavy atom. The average molecular weight is 421 g/mol. The lowest BCUT2D eigenvalue weighted by molar-refractivity contribution is -0.384. The van der Waals surface area contributed by atoms with Crippen molar-refractivity contribution in [2.75, 3.05) is 0 Å². The summed E-state index contributed by atoms with van der Waals surface area (Å²) < 4.78 is 27.0. The minimum absolute atomic E-state index is 0.0209. The van der Waals surface area contributed by atoms with Crippen LogP contribution in [0, 0.1) is 33.1 Å². The van der Waals surface area contributed by atoms with Gasteiger partial charge in [-0.05, 0) is 35.9 Å². The molecule has 0 fully saturated rings. The lowest BCUT2D eigenvalue weighted by Gasteiger charge is -1.98. The molecule has 1 heterocycles. The van der Waals surface area contributed by atoms with Gasteiger partial charge in [-0.1, -0.05) is 24.3 Å². The first kappa shape index (κ1) is 20.8. The van der Waals surface area contributed by atoms with Gasteiger partial charge in [-0.3, -0.25) is 10.1 Å². The molecule has 0 saturated heterocycles. The van der Waals surface area contributed by atoms with E-state index < -0.39 is 16.6 Å². The van der Waals surface area contributed by atoms with Gasteiger partial charge in [-0.25, -0.2) is 13.8 Å². The molecule has 0 atom stereocenters. The largest absolute Gasteiger partial charge is 0.269 e. The third kappa shape index (κ3) is 5.10. The van der Waals surface area contributed by atoms with Gasteiger partial charge in [0.05, 0.1) is 16.2 Å². The van der Waals surface area contributed by atoms with Crippen LogP contribution in [0.1, 0.15) is 10.6 Å². The van der Waals surface area contributed by atoms with E-state index in [0.717, 1.165) is 17.7 Å². The van der Waals surface area contributed by atoms with Crippen molar-refractivity contribution in [2.24, 2.45) is 0 Å². The highest BCUT2D eigenvalue weighted by Crippen LogP contribution is 2.28. The molecule has 0 amide bonds. The number of nitriles is 1. The molecule has 1 aromatic heterocycles. The molecule has 8 heteroatoms. The molecule has 0 bridgehead atoms. The van der Waals surface area contributed by atoms with E-state index in [0.29, 0.717) is 16.3 Å². The summed E-state index contributed by atoms with van der Waals surface area (Å²) in [7, 11) is 0. The van der Waals surface area contributed by atoms with Crippen molar-refractivity contribution in [3.63, 3.8) is 0 Å². The third-order valence-electron chi connectivity index (χ3n) is 3.94. The Hall–Kier alpha value is -3.96. The highest BCUT2D eigenvalue weighted by atomic mass is 32.1. The first-order chi connectivity index (χ1) is 14.5. The SMILES string of the molecule is N#C/C(=C/C=C/C=C/c1ccc([N+](=O)[O-])cc1)c1nc(-c2ccc(F)cc2F)cs1. The number of hydrogen-bond acceptors (Lipinski definition) is 5. The lowest BCUT2D eigenvalue weighted by atomic mass is 10.1. The number of hydrogen-bond donors (Lipinski definition) is 0. The van der Waals surface area contributed by atoms with Gasteiger partial charge < -0.3 is 0 Å². The summed E-state index contributed by atoms with van der Waals surface area (Å²) >= 11 is 1.19. The van der Waals surface area contributed by atoms with Crippen LogP contribution in [-0.4, -0.2) is 9.91 Å². The Kier molecular flexibility index (Phi) is 6.57. The summed E-state index contributed by atoms with van der Waals surface area (Å²) in [6.45, 7) is 0. The molecule has 30 heavy (non-hydrogen) atoms. The number of nitrogens with zero attached hydrogens (tertiary/aromatic N) is 3. The number of aromatic nitrogens is 1. The summed E-state index contributed by atoms with van der Waals surface area (Å²) in [4.78, 5) is 14.4. The molecule has 3 rings (SSSR count). The minimum atomic E-state index is -0.717. The van der Waals surface area contributed by atoms with Crippen LogP contribution < -0.4 is 0 Å². The second-order valence-corrected chi connectivity index (χ2v) is 6.80. The molecule has 148 valence electrons. The summed E-state index contributed by atoms with van der Waals surface area (Å²) in [5.41, 5.74) is 1.61. The second-order valence-electron chi connectivity index (χ2n) is 5.95. The molecule has 5 nitrogen and oxygen atoms in total. The van der Waals surface area contributed by atoms with E-state index in [2.05, 4.69) is 4.98 Å². The maximum absolute atomic E-state index is 13.9. The van der Waals surface area contributed by atoms with Crippen LogP contribution >= 0.6 is 11.3 Å². The predicted octanol–water partition coefficient (Wildman–Crippen LogP) is 6.17. The first-order valence-corrected chi connectivity index (χ1v) is 9.47. The molecule has 0 unspecified atom stereocenters. The normalized spacial score (nSPS) is 11.8. The minimum Gasteiger partial charge on any atom is -0.258 e. The van der Waals surface area contributed by atoms with Gasteiger partial charge in [0.2, 0.25) is 0 Å². The van der Waals surface area contributed by atoms with Gasteiger partial charge in [-0.2, -0.15) is 5.26 Å². The standard InChI is InChI=1S/C22H13F2N3O2S/c23-17-8-11-19(20(24)12-17)21-14-30-22(26-21)16(13-25)5-3-1-2-4-15-6-9-18(10-7-15)27(28)29/h1-12,14H/b3-1+,4-2+,16-5-. The van der Waals surface area contributed by atoms with Crippen LogP contribution in [0.5, 0.6) is 0 Å². The van der Waals surface area contributed by atoms with Crippen molar-refractivity contribution in [3.05, 3.63) is 104 Å². The van der Waals surface area contributed by atoms with E-state index in [-0.39, 0.29) is 11.3 Å². The van der Waals surface area contributed by atoms with Crippen molar-refractivity contribution < 1.29 is 13.7 Å². The quantitative estimate of drug-likeness (QED) is 0.206. The van der Waals surface area contributed by atoms with Crippen molar-refractivity contribution in [1.29, 1.82) is 5.26 Å². The van der Waals surface area contributed by atoms with Crippen molar-refractivity contribution in [2.45, 2.75) is 0 Å². The topological polar surface area (TPSA) is 79.8 Å². The smallest absolute Gasteiger partial charge is 0.258 e. The molecule has 0 N–H and O–H groups in total. The fraction of sp³-hybridized carbons (Fsp3) is 0. The van der Waals surface area contributed by atoms with Gasteiger partial charge in [0.1, 0.15) is 22.7 Å². The van der Waals surface area contributed by atoms with Crippen molar-refractivity contribution >= 4 is 28.7 Å².